The molecule has 1 aromatic heterocycles. The summed E-state index contributed by atoms with van der Waals surface area (Å²) >= 11 is 0. The van der Waals surface area contributed by atoms with E-state index >= 15 is 0 Å². The molecule has 0 atom stereocenters. The molecule has 0 saturated heterocycles. The first kappa shape index (κ1) is 12.4. The molecule has 1 nitrogen and oxygen atoms in total. The van der Waals surface area contributed by atoms with Gasteiger partial charge in [0.1, 0.15) is 0 Å². The summed E-state index contributed by atoms with van der Waals surface area (Å²) in [5.74, 6) is 0. The van der Waals surface area contributed by atoms with E-state index < -0.39 is 0 Å². The molecular weight excluding hydrogens is 194 g/mol. The number of aryl methyl sites for hydroxylation is 1. The van der Waals surface area contributed by atoms with Gasteiger partial charge in [-0.15, -0.1) is 0 Å². The minimum atomic E-state index is 1.09. The largest absolute Gasteiger partial charge is 0.265 e. The smallest absolute Gasteiger partial charge is 0.0273 e. The lowest BCUT2D eigenvalue weighted by molar-refractivity contribution is 1.14. The minimum absolute atomic E-state index is 1.09. The molecule has 0 aliphatic carbocycles. The predicted octanol–water partition coefficient (Wildman–Crippen LogP) is 4.34. The van der Waals surface area contributed by atoms with Crippen molar-refractivity contribution in [1.82, 2.24) is 4.98 Å². The number of aromatic nitrogens is 1. The average molecular weight is 213 g/mol. The van der Waals surface area contributed by atoms with E-state index in [1.807, 2.05) is 38.4 Å². The number of hydrogen-bond donors (Lipinski definition) is 0. The quantitative estimate of drug-likeness (QED) is 0.723. The van der Waals surface area contributed by atoms with E-state index in [4.69, 9.17) is 0 Å². The van der Waals surface area contributed by atoms with Gasteiger partial charge in [-0.25, -0.2) is 0 Å². The Morgan fingerprint density at radius 2 is 1.31 bits per heavy atom. The molecule has 0 fully saturated rings. The Bertz CT molecular complexity index is 390. The maximum atomic E-state index is 4.00. The van der Waals surface area contributed by atoms with Crippen molar-refractivity contribution in [3.8, 4) is 11.1 Å². The van der Waals surface area contributed by atoms with E-state index in [1.54, 1.807) is 0 Å². The van der Waals surface area contributed by atoms with Crippen molar-refractivity contribution in [2.24, 2.45) is 0 Å². The van der Waals surface area contributed by atoms with Crippen LogP contribution in [0.5, 0.6) is 0 Å². The lowest BCUT2D eigenvalue weighted by Gasteiger charge is -2.01. The van der Waals surface area contributed by atoms with E-state index in [0.717, 1.165) is 6.42 Å². The molecule has 16 heavy (non-hydrogen) atoms. The Labute approximate surface area is 98.2 Å². The molecule has 0 spiro atoms. The Morgan fingerprint density at radius 1 is 0.812 bits per heavy atom. The van der Waals surface area contributed by atoms with Gasteiger partial charge in [-0.2, -0.15) is 0 Å². The van der Waals surface area contributed by atoms with Gasteiger partial charge >= 0.3 is 0 Å². The Morgan fingerprint density at radius 3 is 1.81 bits per heavy atom. The number of nitrogens with zero attached hydrogens (tertiary/aromatic N) is 1. The first-order valence-corrected chi connectivity index (χ1v) is 5.89. The lowest BCUT2D eigenvalue weighted by atomic mass is 10.0. The fraction of sp³-hybridized carbons (Fsp3) is 0.267. The zero-order valence-corrected chi connectivity index (χ0v) is 10.3. The highest BCUT2D eigenvalue weighted by Gasteiger charge is 1.95. The molecule has 84 valence electrons. The SMILES string of the molecule is CC.CCc1ccc(-c2ccncc2)cc1. The Kier molecular flexibility index (Phi) is 5.27. The Hall–Kier alpha value is -1.63. The maximum absolute atomic E-state index is 4.00. The van der Waals surface area contributed by atoms with Crippen molar-refractivity contribution < 1.29 is 0 Å². The predicted molar refractivity (Wildman–Crippen MR) is 70.4 cm³/mol. The summed E-state index contributed by atoms with van der Waals surface area (Å²) in [7, 11) is 0. The van der Waals surface area contributed by atoms with Gasteiger partial charge in [0.2, 0.25) is 0 Å². The van der Waals surface area contributed by atoms with Crippen molar-refractivity contribution in [3.05, 3.63) is 54.4 Å². The first-order chi connectivity index (χ1) is 7.90. The van der Waals surface area contributed by atoms with Crippen LogP contribution in [0.3, 0.4) is 0 Å². The normalized spacial score (nSPS) is 9.19. The molecule has 0 radical (unpaired) electrons. The highest BCUT2D eigenvalue weighted by molar-refractivity contribution is 5.62. The van der Waals surface area contributed by atoms with Gasteiger partial charge in [0, 0.05) is 12.4 Å². The molecule has 2 aromatic rings. The van der Waals surface area contributed by atoms with Crippen molar-refractivity contribution in [2.45, 2.75) is 27.2 Å². The second kappa shape index (κ2) is 6.78. The van der Waals surface area contributed by atoms with Crippen LogP contribution in [-0.4, -0.2) is 4.98 Å². The molecule has 1 aromatic carbocycles. The van der Waals surface area contributed by atoms with Crippen molar-refractivity contribution >= 4 is 0 Å². The summed E-state index contributed by atoms with van der Waals surface area (Å²) in [5, 5.41) is 0. The van der Waals surface area contributed by atoms with Gasteiger partial charge in [-0.3, -0.25) is 4.98 Å². The summed E-state index contributed by atoms with van der Waals surface area (Å²) in [5.41, 5.74) is 3.86. The number of benzene rings is 1. The molecule has 0 unspecified atom stereocenters. The topological polar surface area (TPSA) is 12.9 Å². The molecular formula is C15H19N. The number of hydrogen-bond acceptors (Lipinski definition) is 1. The van der Waals surface area contributed by atoms with Crippen LogP contribution >= 0.6 is 0 Å². The third-order valence-corrected chi connectivity index (χ3v) is 2.38. The molecule has 1 heteroatoms. The summed E-state index contributed by atoms with van der Waals surface area (Å²) in [6, 6.07) is 12.7. The van der Waals surface area contributed by atoms with Crippen molar-refractivity contribution in [1.29, 1.82) is 0 Å². The van der Waals surface area contributed by atoms with Crippen LogP contribution in [0.1, 0.15) is 26.3 Å². The van der Waals surface area contributed by atoms with Crippen molar-refractivity contribution in [2.75, 3.05) is 0 Å². The Balaban J connectivity index is 0.000000606. The van der Waals surface area contributed by atoms with Gasteiger partial charge in [0.25, 0.3) is 0 Å². The van der Waals surface area contributed by atoms with Gasteiger partial charge in [0.05, 0.1) is 0 Å². The zero-order chi connectivity index (χ0) is 11.8. The third kappa shape index (κ3) is 3.20. The molecule has 1 heterocycles. The van der Waals surface area contributed by atoms with E-state index in [0.29, 0.717) is 0 Å². The van der Waals surface area contributed by atoms with Gasteiger partial charge in [-0.1, -0.05) is 45.0 Å². The van der Waals surface area contributed by atoms with Crippen LogP contribution in [0.15, 0.2) is 48.8 Å². The van der Waals surface area contributed by atoms with Crippen LogP contribution in [0, 0.1) is 0 Å². The molecule has 2 rings (SSSR count). The van der Waals surface area contributed by atoms with Crippen molar-refractivity contribution in [3.63, 3.8) is 0 Å². The van der Waals surface area contributed by atoms with E-state index in [-0.39, 0.29) is 0 Å². The first-order valence-electron chi connectivity index (χ1n) is 5.89. The molecule has 0 N–H and O–H groups in total. The third-order valence-electron chi connectivity index (χ3n) is 2.38. The maximum Gasteiger partial charge on any atom is 0.0273 e. The highest BCUT2D eigenvalue weighted by atomic mass is 14.6. The van der Waals surface area contributed by atoms with Gasteiger partial charge in [0.15, 0.2) is 0 Å². The highest BCUT2D eigenvalue weighted by Crippen LogP contribution is 2.18. The molecule has 0 aliphatic heterocycles. The fourth-order valence-electron chi connectivity index (χ4n) is 1.48. The molecule has 0 bridgehead atoms. The summed E-state index contributed by atoms with van der Waals surface area (Å²) in [6.07, 6.45) is 4.74. The monoisotopic (exact) mass is 213 g/mol. The van der Waals surface area contributed by atoms with Crippen LogP contribution in [0.25, 0.3) is 11.1 Å². The molecule has 0 saturated carbocycles. The van der Waals surface area contributed by atoms with Crippen LogP contribution < -0.4 is 0 Å². The number of rotatable bonds is 2. The van der Waals surface area contributed by atoms with Crippen LogP contribution in [-0.2, 0) is 6.42 Å². The summed E-state index contributed by atoms with van der Waals surface area (Å²) < 4.78 is 0. The van der Waals surface area contributed by atoms with E-state index in [9.17, 15) is 0 Å². The summed E-state index contributed by atoms with van der Waals surface area (Å²) in [6.45, 7) is 6.17. The molecule has 0 aliphatic rings. The van der Waals surface area contributed by atoms with E-state index in [1.165, 1.54) is 16.7 Å². The molecule has 0 amide bonds. The second-order valence-electron chi connectivity index (χ2n) is 3.29. The van der Waals surface area contributed by atoms with Gasteiger partial charge in [-0.05, 0) is 35.2 Å². The van der Waals surface area contributed by atoms with Gasteiger partial charge < -0.3 is 0 Å². The average Bonchev–Trinajstić information content (AvgIpc) is 2.42. The van der Waals surface area contributed by atoms with E-state index in [2.05, 4.69) is 36.2 Å². The van der Waals surface area contributed by atoms with Crippen LogP contribution in [0.2, 0.25) is 0 Å². The number of pyridine rings is 1. The summed E-state index contributed by atoms with van der Waals surface area (Å²) in [4.78, 5) is 4.00. The lowest BCUT2D eigenvalue weighted by Crippen LogP contribution is -1.81. The minimum Gasteiger partial charge on any atom is -0.265 e. The fourth-order valence-corrected chi connectivity index (χ4v) is 1.48. The zero-order valence-electron chi connectivity index (χ0n) is 10.3. The second-order valence-corrected chi connectivity index (χ2v) is 3.29. The standard InChI is InChI=1S/C13H13N.C2H6/c1-2-11-3-5-12(6-4-11)13-7-9-14-10-8-13;1-2/h3-10H,2H2,1H3;1-2H3. The van der Waals surface area contributed by atoms with Crippen LogP contribution in [0.4, 0.5) is 0 Å².